The number of benzene rings is 3. The molecule has 5 nitrogen and oxygen atoms in total. The molecule has 1 heterocycles. The zero-order valence-electron chi connectivity index (χ0n) is 14.9. The fourth-order valence-electron chi connectivity index (χ4n) is 2.98. The van der Waals surface area contributed by atoms with Gasteiger partial charge in [0.1, 0.15) is 0 Å². The molecule has 28 heavy (non-hydrogen) atoms. The van der Waals surface area contributed by atoms with Crippen molar-refractivity contribution in [2.75, 3.05) is 10.6 Å². The van der Waals surface area contributed by atoms with Crippen LogP contribution < -0.4 is 10.6 Å². The first-order valence-corrected chi connectivity index (χ1v) is 9.64. The van der Waals surface area contributed by atoms with E-state index in [2.05, 4.69) is 15.6 Å². The van der Waals surface area contributed by atoms with Crippen molar-refractivity contribution in [2.45, 2.75) is 6.42 Å². The second-order valence-electron chi connectivity index (χ2n) is 6.23. The molecule has 0 saturated carbocycles. The summed E-state index contributed by atoms with van der Waals surface area (Å²) < 4.78 is 0. The van der Waals surface area contributed by atoms with Crippen LogP contribution in [-0.2, 0) is 11.2 Å². The Balaban J connectivity index is 1.41. The summed E-state index contributed by atoms with van der Waals surface area (Å²) in [6.07, 6.45) is 1.92. The number of nitrogens with zero attached hydrogens (tertiary/aromatic N) is 1. The number of rotatable bonds is 5. The van der Waals surface area contributed by atoms with Crippen LogP contribution >= 0.6 is 11.3 Å². The van der Waals surface area contributed by atoms with Crippen molar-refractivity contribution in [3.05, 3.63) is 89.4 Å². The van der Waals surface area contributed by atoms with Crippen molar-refractivity contribution >= 4 is 44.7 Å². The molecule has 138 valence electrons. The Morgan fingerprint density at radius 1 is 0.893 bits per heavy atom. The maximum atomic E-state index is 12.5. The summed E-state index contributed by atoms with van der Waals surface area (Å²) in [5, 5.41) is 10.2. The maximum Gasteiger partial charge on any atom is 0.257 e. The van der Waals surface area contributed by atoms with E-state index in [0.717, 1.165) is 16.3 Å². The summed E-state index contributed by atoms with van der Waals surface area (Å²) in [4.78, 5) is 28.7. The standard InChI is InChI=1S/C22H17N3O2S/c26-20(14-17-6-3-5-15-4-1-2-7-19(15)17)24-18-10-8-16(9-11-18)21(27)25-22-23-12-13-28-22/h1-13H,14H2,(H,24,26)(H,23,25,27). The molecule has 0 unspecified atom stereocenters. The molecule has 4 aromatic rings. The summed E-state index contributed by atoms with van der Waals surface area (Å²) in [6, 6.07) is 20.8. The van der Waals surface area contributed by atoms with Crippen molar-refractivity contribution in [3.8, 4) is 0 Å². The number of amides is 2. The molecule has 4 rings (SSSR count). The molecule has 0 radical (unpaired) electrons. The summed E-state index contributed by atoms with van der Waals surface area (Å²) in [5.74, 6) is -0.333. The lowest BCUT2D eigenvalue weighted by Gasteiger charge is -2.09. The van der Waals surface area contributed by atoms with Gasteiger partial charge in [-0.05, 0) is 40.6 Å². The van der Waals surface area contributed by atoms with Crippen molar-refractivity contribution in [1.82, 2.24) is 4.98 Å². The molecule has 2 amide bonds. The van der Waals surface area contributed by atoms with Crippen LogP contribution in [0.5, 0.6) is 0 Å². The quantitative estimate of drug-likeness (QED) is 0.520. The van der Waals surface area contributed by atoms with Crippen LogP contribution in [0.2, 0.25) is 0 Å². The number of hydrogen-bond acceptors (Lipinski definition) is 4. The normalized spacial score (nSPS) is 10.6. The number of anilines is 2. The molecule has 1 aromatic heterocycles. The first-order chi connectivity index (χ1) is 13.7. The highest BCUT2D eigenvalue weighted by molar-refractivity contribution is 7.13. The van der Waals surface area contributed by atoms with E-state index in [0.29, 0.717) is 16.4 Å². The van der Waals surface area contributed by atoms with Crippen LogP contribution in [0.4, 0.5) is 10.8 Å². The second-order valence-corrected chi connectivity index (χ2v) is 7.13. The Labute approximate surface area is 166 Å². The summed E-state index contributed by atoms with van der Waals surface area (Å²) in [7, 11) is 0. The van der Waals surface area contributed by atoms with E-state index in [1.807, 2.05) is 42.5 Å². The molecule has 0 aliphatic heterocycles. The van der Waals surface area contributed by atoms with E-state index in [9.17, 15) is 9.59 Å². The minimum atomic E-state index is -0.233. The summed E-state index contributed by atoms with van der Waals surface area (Å²) in [6.45, 7) is 0. The van der Waals surface area contributed by atoms with E-state index in [4.69, 9.17) is 0 Å². The first-order valence-electron chi connectivity index (χ1n) is 8.76. The third-order valence-electron chi connectivity index (χ3n) is 4.31. The van der Waals surface area contributed by atoms with Gasteiger partial charge in [0.05, 0.1) is 6.42 Å². The predicted octanol–water partition coefficient (Wildman–Crippen LogP) is 4.73. The van der Waals surface area contributed by atoms with Gasteiger partial charge in [-0.3, -0.25) is 14.9 Å². The molecule has 0 bridgehead atoms. The fraction of sp³-hybridized carbons (Fsp3) is 0.0455. The van der Waals surface area contributed by atoms with Crippen LogP contribution in [0, 0.1) is 0 Å². The van der Waals surface area contributed by atoms with Gasteiger partial charge in [-0.2, -0.15) is 0 Å². The maximum absolute atomic E-state index is 12.5. The van der Waals surface area contributed by atoms with Crippen molar-refractivity contribution in [3.63, 3.8) is 0 Å². The summed E-state index contributed by atoms with van der Waals surface area (Å²) >= 11 is 1.36. The number of carbonyl (C=O) groups is 2. The minimum absolute atomic E-state index is 0.101. The Morgan fingerprint density at radius 2 is 1.68 bits per heavy atom. The van der Waals surface area contributed by atoms with Gasteiger partial charge < -0.3 is 5.32 Å². The number of fused-ring (bicyclic) bond motifs is 1. The van der Waals surface area contributed by atoms with Gasteiger partial charge in [-0.1, -0.05) is 42.5 Å². The van der Waals surface area contributed by atoms with E-state index in [1.165, 1.54) is 11.3 Å². The highest BCUT2D eigenvalue weighted by Crippen LogP contribution is 2.20. The first kappa shape index (κ1) is 17.9. The molecule has 6 heteroatoms. The van der Waals surface area contributed by atoms with Crippen LogP contribution in [-0.4, -0.2) is 16.8 Å². The third-order valence-corrected chi connectivity index (χ3v) is 5.00. The van der Waals surface area contributed by atoms with Crippen molar-refractivity contribution in [1.29, 1.82) is 0 Å². The highest BCUT2D eigenvalue weighted by atomic mass is 32.1. The van der Waals surface area contributed by atoms with Crippen LogP contribution in [0.25, 0.3) is 10.8 Å². The molecular weight excluding hydrogens is 370 g/mol. The highest BCUT2D eigenvalue weighted by Gasteiger charge is 2.10. The van der Waals surface area contributed by atoms with Crippen LogP contribution in [0.15, 0.2) is 78.3 Å². The third kappa shape index (κ3) is 4.07. The average molecular weight is 387 g/mol. The number of aromatic nitrogens is 1. The fourth-order valence-corrected chi connectivity index (χ4v) is 3.51. The molecule has 0 atom stereocenters. The second kappa shape index (κ2) is 8.02. The van der Waals surface area contributed by atoms with E-state index in [1.54, 1.807) is 35.8 Å². The van der Waals surface area contributed by atoms with Gasteiger partial charge >= 0.3 is 0 Å². The van der Waals surface area contributed by atoms with E-state index in [-0.39, 0.29) is 18.2 Å². The van der Waals surface area contributed by atoms with Crippen molar-refractivity contribution < 1.29 is 9.59 Å². The topological polar surface area (TPSA) is 71.1 Å². The van der Waals surface area contributed by atoms with Crippen molar-refractivity contribution in [2.24, 2.45) is 0 Å². The van der Waals surface area contributed by atoms with Crippen LogP contribution in [0.1, 0.15) is 15.9 Å². The van der Waals surface area contributed by atoms with Gasteiger partial charge in [0, 0.05) is 22.8 Å². The SMILES string of the molecule is O=C(Cc1cccc2ccccc12)Nc1ccc(C(=O)Nc2nccs2)cc1. The van der Waals surface area contributed by atoms with Gasteiger partial charge in [0.15, 0.2) is 5.13 Å². The monoisotopic (exact) mass is 387 g/mol. The molecule has 0 aliphatic carbocycles. The largest absolute Gasteiger partial charge is 0.326 e. The smallest absolute Gasteiger partial charge is 0.257 e. The van der Waals surface area contributed by atoms with Gasteiger partial charge in [0.25, 0.3) is 5.91 Å². The average Bonchev–Trinajstić information content (AvgIpc) is 3.22. The Kier molecular flexibility index (Phi) is 5.12. The Hall–Kier alpha value is -3.51. The molecule has 0 aliphatic rings. The Bertz CT molecular complexity index is 1120. The zero-order chi connectivity index (χ0) is 19.3. The zero-order valence-corrected chi connectivity index (χ0v) is 15.7. The minimum Gasteiger partial charge on any atom is -0.326 e. The lowest BCUT2D eigenvalue weighted by Crippen LogP contribution is -2.15. The molecule has 0 saturated heterocycles. The van der Waals surface area contributed by atoms with E-state index >= 15 is 0 Å². The number of nitrogens with one attached hydrogen (secondary N) is 2. The lowest BCUT2D eigenvalue weighted by molar-refractivity contribution is -0.115. The molecule has 0 fully saturated rings. The number of thiazole rings is 1. The molecule has 3 aromatic carbocycles. The molecule has 0 spiro atoms. The number of hydrogen-bond donors (Lipinski definition) is 2. The van der Waals surface area contributed by atoms with Gasteiger partial charge in [-0.25, -0.2) is 4.98 Å². The number of carbonyl (C=O) groups excluding carboxylic acids is 2. The van der Waals surface area contributed by atoms with Gasteiger partial charge in [-0.15, -0.1) is 11.3 Å². The molecule has 2 N–H and O–H groups in total. The van der Waals surface area contributed by atoms with Gasteiger partial charge in [0.2, 0.25) is 5.91 Å². The van der Waals surface area contributed by atoms with E-state index < -0.39 is 0 Å². The van der Waals surface area contributed by atoms with Crippen LogP contribution in [0.3, 0.4) is 0 Å². The Morgan fingerprint density at radius 3 is 2.46 bits per heavy atom. The molecular formula is C22H17N3O2S. The summed E-state index contributed by atoms with van der Waals surface area (Å²) in [5.41, 5.74) is 2.13. The predicted molar refractivity (Wildman–Crippen MR) is 113 cm³/mol. The lowest BCUT2D eigenvalue weighted by atomic mass is 10.0.